The Balaban J connectivity index is 1.63. The summed E-state index contributed by atoms with van der Waals surface area (Å²) >= 11 is 0. The van der Waals surface area contributed by atoms with E-state index in [2.05, 4.69) is 5.32 Å². The summed E-state index contributed by atoms with van der Waals surface area (Å²) in [7, 11) is 0. The molecule has 3 aromatic rings. The summed E-state index contributed by atoms with van der Waals surface area (Å²) in [6, 6.07) is 17.1. The van der Waals surface area contributed by atoms with E-state index in [0.717, 1.165) is 22.3 Å². The Hall–Kier alpha value is -2.75. The van der Waals surface area contributed by atoms with Gasteiger partial charge in [0.1, 0.15) is 16.9 Å². The highest BCUT2D eigenvalue weighted by atomic mass is 16.5. The lowest BCUT2D eigenvalue weighted by Gasteiger charge is -2.37. The topological polar surface area (TPSA) is 51.5 Å². The number of benzene rings is 2. The van der Waals surface area contributed by atoms with Gasteiger partial charge < -0.3 is 14.5 Å². The number of para-hydroxylation sites is 2. The maximum absolute atomic E-state index is 12.7. The molecule has 24 heavy (non-hydrogen) atoms. The molecule has 0 fully saturated rings. The fourth-order valence-corrected chi connectivity index (χ4v) is 3.25. The average molecular weight is 321 g/mol. The van der Waals surface area contributed by atoms with Gasteiger partial charge in [-0.1, -0.05) is 36.4 Å². The number of ether oxygens (including phenoxy) is 1. The molecular formula is C20H19NO3. The summed E-state index contributed by atoms with van der Waals surface area (Å²) < 4.78 is 11.7. The third kappa shape index (κ3) is 2.64. The zero-order valence-electron chi connectivity index (χ0n) is 13.7. The zero-order chi connectivity index (χ0) is 16.7. The molecule has 0 aliphatic carbocycles. The van der Waals surface area contributed by atoms with Crippen LogP contribution in [0.3, 0.4) is 0 Å². The van der Waals surface area contributed by atoms with E-state index in [0.29, 0.717) is 12.2 Å². The van der Waals surface area contributed by atoms with E-state index in [1.165, 1.54) is 0 Å². The SMILES string of the molecule is CC1(C)C[C@H](NC(=O)c2cc3ccccc3o2)c2ccccc2O1. The van der Waals surface area contributed by atoms with Crippen molar-refractivity contribution in [2.75, 3.05) is 0 Å². The van der Waals surface area contributed by atoms with Crippen molar-refractivity contribution in [1.82, 2.24) is 5.32 Å². The van der Waals surface area contributed by atoms with Gasteiger partial charge in [0.05, 0.1) is 6.04 Å². The molecule has 2 aromatic carbocycles. The highest BCUT2D eigenvalue weighted by Gasteiger charge is 2.34. The first kappa shape index (κ1) is 14.8. The molecule has 1 atom stereocenters. The molecule has 0 radical (unpaired) electrons. The Kier molecular flexibility index (Phi) is 3.34. The van der Waals surface area contributed by atoms with Crippen LogP contribution in [0.15, 0.2) is 59.0 Å². The van der Waals surface area contributed by atoms with Crippen molar-refractivity contribution in [2.24, 2.45) is 0 Å². The number of amides is 1. The van der Waals surface area contributed by atoms with E-state index in [1.807, 2.05) is 62.4 Å². The first-order valence-corrected chi connectivity index (χ1v) is 8.09. The van der Waals surface area contributed by atoms with Crippen LogP contribution in [0.1, 0.15) is 42.4 Å². The maximum Gasteiger partial charge on any atom is 0.287 e. The molecule has 1 N–H and O–H groups in total. The van der Waals surface area contributed by atoms with Crippen LogP contribution in [0.5, 0.6) is 5.75 Å². The highest BCUT2D eigenvalue weighted by Crippen LogP contribution is 2.39. The van der Waals surface area contributed by atoms with Crippen LogP contribution < -0.4 is 10.1 Å². The minimum absolute atomic E-state index is 0.106. The smallest absolute Gasteiger partial charge is 0.287 e. The van der Waals surface area contributed by atoms with Crippen molar-refractivity contribution in [3.63, 3.8) is 0 Å². The third-order valence-corrected chi connectivity index (χ3v) is 4.33. The summed E-state index contributed by atoms with van der Waals surface area (Å²) in [5.74, 6) is 0.949. The predicted molar refractivity (Wildman–Crippen MR) is 92.2 cm³/mol. The van der Waals surface area contributed by atoms with Gasteiger partial charge in [0.15, 0.2) is 5.76 Å². The van der Waals surface area contributed by atoms with Crippen molar-refractivity contribution in [2.45, 2.75) is 31.9 Å². The summed E-state index contributed by atoms with van der Waals surface area (Å²) in [4.78, 5) is 12.7. The van der Waals surface area contributed by atoms with Crippen LogP contribution >= 0.6 is 0 Å². The van der Waals surface area contributed by atoms with Gasteiger partial charge in [-0.3, -0.25) is 4.79 Å². The molecule has 122 valence electrons. The molecule has 1 aliphatic rings. The van der Waals surface area contributed by atoms with Crippen molar-refractivity contribution in [1.29, 1.82) is 0 Å². The summed E-state index contributed by atoms with van der Waals surface area (Å²) in [6.45, 7) is 4.06. The largest absolute Gasteiger partial charge is 0.487 e. The van der Waals surface area contributed by atoms with E-state index in [9.17, 15) is 4.79 Å². The number of carbonyl (C=O) groups excluding carboxylic acids is 1. The summed E-state index contributed by atoms with van der Waals surface area (Å²) in [5.41, 5.74) is 1.39. The molecule has 4 rings (SSSR count). The van der Waals surface area contributed by atoms with Gasteiger partial charge in [0.2, 0.25) is 0 Å². The van der Waals surface area contributed by atoms with Crippen molar-refractivity contribution in [3.8, 4) is 5.75 Å². The molecule has 0 saturated carbocycles. The number of hydrogen-bond donors (Lipinski definition) is 1. The molecule has 0 spiro atoms. The monoisotopic (exact) mass is 321 g/mol. The lowest BCUT2D eigenvalue weighted by atomic mass is 9.89. The van der Waals surface area contributed by atoms with Crippen LogP contribution in [-0.2, 0) is 0 Å². The Morgan fingerprint density at radius 2 is 1.88 bits per heavy atom. The fourth-order valence-electron chi connectivity index (χ4n) is 3.25. The molecule has 0 bridgehead atoms. The number of fused-ring (bicyclic) bond motifs is 2. The van der Waals surface area contributed by atoms with Gasteiger partial charge in [0, 0.05) is 17.4 Å². The first-order valence-electron chi connectivity index (χ1n) is 8.09. The first-order chi connectivity index (χ1) is 11.5. The maximum atomic E-state index is 12.7. The van der Waals surface area contributed by atoms with Gasteiger partial charge in [-0.25, -0.2) is 0 Å². The van der Waals surface area contributed by atoms with Crippen LogP contribution in [0, 0.1) is 0 Å². The van der Waals surface area contributed by atoms with E-state index < -0.39 is 0 Å². The molecule has 4 nitrogen and oxygen atoms in total. The van der Waals surface area contributed by atoms with Crippen molar-refractivity contribution >= 4 is 16.9 Å². The Bertz CT molecular complexity index is 877. The van der Waals surface area contributed by atoms with Crippen LogP contribution in [0.25, 0.3) is 11.0 Å². The number of rotatable bonds is 2. The average Bonchev–Trinajstić information content (AvgIpc) is 2.98. The van der Waals surface area contributed by atoms with E-state index in [-0.39, 0.29) is 17.6 Å². The Morgan fingerprint density at radius 1 is 1.12 bits per heavy atom. The number of furan rings is 1. The van der Waals surface area contributed by atoms with Crippen molar-refractivity contribution in [3.05, 3.63) is 65.9 Å². The molecule has 1 amide bonds. The standard InChI is InChI=1S/C20H19NO3/c1-20(2)12-15(14-8-4-6-10-17(14)24-20)21-19(22)18-11-13-7-3-5-9-16(13)23-18/h3-11,15H,12H2,1-2H3,(H,21,22)/t15-/m0/s1. The van der Waals surface area contributed by atoms with Gasteiger partial charge in [0.25, 0.3) is 5.91 Å². The van der Waals surface area contributed by atoms with E-state index >= 15 is 0 Å². The van der Waals surface area contributed by atoms with Gasteiger partial charge in [-0.05, 0) is 32.0 Å². The second-order valence-corrected chi connectivity index (χ2v) is 6.78. The molecule has 1 aliphatic heterocycles. The number of carbonyl (C=O) groups is 1. The summed E-state index contributed by atoms with van der Waals surface area (Å²) in [6.07, 6.45) is 0.704. The molecule has 4 heteroatoms. The quantitative estimate of drug-likeness (QED) is 0.758. The van der Waals surface area contributed by atoms with E-state index in [4.69, 9.17) is 9.15 Å². The lowest BCUT2D eigenvalue weighted by molar-refractivity contribution is 0.0612. The molecule has 0 saturated heterocycles. The fraction of sp³-hybridized carbons (Fsp3) is 0.250. The van der Waals surface area contributed by atoms with Gasteiger partial charge in [-0.2, -0.15) is 0 Å². The van der Waals surface area contributed by atoms with Crippen LogP contribution in [-0.4, -0.2) is 11.5 Å². The second kappa shape index (κ2) is 5.41. The molecular weight excluding hydrogens is 302 g/mol. The number of nitrogens with one attached hydrogen (secondary N) is 1. The van der Waals surface area contributed by atoms with Crippen LogP contribution in [0.2, 0.25) is 0 Å². The Morgan fingerprint density at radius 3 is 2.71 bits per heavy atom. The predicted octanol–water partition coefficient (Wildman–Crippen LogP) is 4.47. The van der Waals surface area contributed by atoms with E-state index in [1.54, 1.807) is 6.07 Å². The minimum Gasteiger partial charge on any atom is -0.487 e. The van der Waals surface area contributed by atoms with Crippen molar-refractivity contribution < 1.29 is 13.9 Å². The third-order valence-electron chi connectivity index (χ3n) is 4.33. The zero-order valence-corrected chi connectivity index (χ0v) is 13.7. The van der Waals surface area contributed by atoms with Gasteiger partial charge in [-0.15, -0.1) is 0 Å². The second-order valence-electron chi connectivity index (χ2n) is 6.78. The minimum atomic E-state index is -0.333. The van der Waals surface area contributed by atoms with Gasteiger partial charge >= 0.3 is 0 Å². The number of hydrogen-bond acceptors (Lipinski definition) is 3. The molecule has 0 unspecified atom stereocenters. The molecule has 1 aromatic heterocycles. The Labute approximate surface area is 140 Å². The lowest BCUT2D eigenvalue weighted by Crippen LogP contribution is -2.41. The van der Waals surface area contributed by atoms with Crippen LogP contribution in [0.4, 0.5) is 0 Å². The summed E-state index contributed by atoms with van der Waals surface area (Å²) in [5, 5.41) is 4.02. The molecule has 2 heterocycles. The highest BCUT2D eigenvalue weighted by molar-refractivity contribution is 5.96. The normalized spacial score (nSPS) is 18.7.